The Labute approximate surface area is 126 Å². The van der Waals surface area contributed by atoms with Crippen molar-refractivity contribution in [2.24, 2.45) is 0 Å². The van der Waals surface area contributed by atoms with Crippen LogP contribution < -0.4 is 10.1 Å². The number of hydrogen-bond acceptors (Lipinski definition) is 4. The maximum atomic E-state index is 10.1. The van der Waals surface area contributed by atoms with Gasteiger partial charge in [0.15, 0.2) is 0 Å². The molecular formula is C16H25NO2S. The zero-order valence-electron chi connectivity index (χ0n) is 12.6. The number of benzene rings is 1. The monoisotopic (exact) mass is 295 g/mol. The Morgan fingerprint density at radius 3 is 2.65 bits per heavy atom. The van der Waals surface area contributed by atoms with E-state index < -0.39 is 0 Å². The van der Waals surface area contributed by atoms with Gasteiger partial charge in [-0.15, -0.1) is 0 Å². The summed E-state index contributed by atoms with van der Waals surface area (Å²) in [5.41, 5.74) is 0.931. The third-order valence-corrected chi connectivity index (χ3v) is 5.80. The number of aromatic hydroxyl groups is 1. The fraction of sp³-hybridized carbons (Fsp3) is 0.625. The highest BCUT2D eigenvalue weighted by Gasteiger charge is 2.33. The van der Waals surface area contributed by atoms with Gasteiger partial charge >= 0.3 is 0 Å². The van der Waals surface area contributed by atoms with E-state index >= 15 is 0 Å². The van der Waals surface area contributed by atoms with Crippen molar-refractivity contribution in [3.05, 3.63) is 23.8 Å². The number of hydrogen-bond donors (Lipinski definition) is 2. The first-order chi connectivity index (χ1) is 9.60. The molecule has 0 aromatic heterocycles. The molecule has 4 heteroatoms. The number of nitrogens with one attached hydrogen (secondary N) is 1. The van der Waals surface area contributed by atoms with Crippen molar-refractivity contribution in [1.82, 2.24) is 5.32 Å². The second-order valence-corrected chi connectivity index (χ2v) is 6.90. The molecule has 2 rings (SSSR count). The van der Waals surface area contributed by atoms with Crippen LogP contribution >= 0.6 is 11.8 Å². The van der Waals surface area contributed by atoms with Crippen molar-refractivity contribution >= 4 is 11.8 Å². The summed E-state index contributed by atoms with van der Waals surface area (Å²) in [5.74, 6) is 0.990. The van der Waals surface area contributed by atoms with E-state index in [9.17, 15) is 5.11 Å². The molecule has 0 spiro atoms. The number of phenolic OH excluding ortho intramolecular Hbond substituents is 1. The maximum Gasteiger partial charge on any atom is 0.124 e. The van der Waals surface area contributed by atoms with E-state index in [2.05, 4.69) is 18.5 Å². The average Bonchev–Trinajstić information content (AvgIpc) is 2.94. The first-order valence-corrected chi connectivity index (χ1v) is 8.48. The van der Waals surface area contributed by atoms with Crippen molar-refractivity contribution in [1.29, 1.82) is 0 Å². The van der Waals surface area contributed by atoms with Crippen molar-refractivity contribution in [2.45, 2.75) is 43.4 Å². The molecule has 1 saturated carbocycles. The highest BCUT2D eigenvalue weighted by molar-refractivity contribution is 8.00. The average molecular weight is 295 g/mol. The van der Waals surface area contributed by atoms with E-state index in [-0.39, 0.29) is 6.04 Å². The summed E-state index contributed by atoms with van der Waals surface area (Å²) in [6.07, 6.45) is 7.48. The molecule has 0 saturated heterocycles. The van der Waals surface area contributed by atoms with Crippen molar-refractivity contribution < 1.29 is 9.84 Å². The summed E-state index contributed by atoms with van der Waals surface area (Å²) in [7, 11) is 1.61. The fourth-order valence-electron chi connectivity index (χ4n) is 2.94. The van der Waals surface area contributed by atoms with Gasteiger partial charge in [0, 0.05) is 29.0 Å². The number of phenols is 1. The predicted octanol–water partition coefficient (Wildman–Crippen LogP) is 3.73. The van der Waals surface area contributed by atoms with E-state index in [1.807, 2.05) is 23.9 Å². The zero-order valence-corrected chi connectivity index (χ0v) is 13.4. The standard InChI is InChI=1S/C16H25NO2S/c1-12(14-7-6-13(19-2)10-15(14)18)17-11-16(20-3)8-4-5-9-16/h6-7,10,12,17-18H,4-5,8-9,11H2,1-3H3. The molecule has 0 bridgehead atoms. The van der Waals surface area contributed by atoms with Gasteiger partial charge in [-0.25, -0.2) is 0 Å². The van der Waals surface area contributed by atoms with Crippen LogP contribution in [0.5, 0.6) is 11.5 Å². The van der Waals surface area contributed by atoms with E-state index in [0.717, 1.165) is 12.1 Å². The highest BCUT2D eigenvalue weighted by atomic mass is 32.2. The Hall–Kier alpha value is -0.870. The molecule has 1 aromatic carbocycles. The van der Waals surface area contributed by atoms with Crippen LogP contribution in [-0.4, -0.2) is 29.8 Å². The molecule has 2 N–H and O–H groups in total. The van der Waals surface area contributed by atoms with Gasteiger partial charge in [-0.2, -0.15) is 11.8 Å². The Bertz CT molecular complexity index is 444. The Morgan fingerprint density at radius 1 is 1.40 bits per heavy atom. The SMILES string of the molecule is COc1ccc(C(C)NCC2(SC)CCCC2)c(O)c1. The van der Waals surface area contributed by atoms with Crippen molar-refractivity contribution in [3.63, 3.8) is 0 Å². The number of rotatable bonds is 6. The molecule has 3 nitrogen and oxygen atoms in total. The first kappa shape index (κ1) is 15.5. The third kappa shape index (κ3) is 3.41. The summed E-state index contributed by atoms with van der Waals surface area (Å²) in [4.78, 5) is 0. The van der Waals surface area contributed by atoms with Crippen molar-refractivity contribution in [3.8, 4) is 11.5 Å². The normalized spacial score (nSPS) is 18.9. The van der Waals surface area contributed by atoms with Crippen LogP contribution in [0.25, 0.3) is 0 Å². The molecule has 1 fully saturated rings. The second kappa shape index (κ2) is 6.72. The van der Waals surface area contributed by atoms with Crippen LogP contribution in [0.1, 0.15) is 44.2 Å². The van der Waals surface area contributed by atoms with Crippen molar-refractivity contribution in [2.75, 3.05) is 19.9 Å². The molecule has 1 unspecified atom stereocenters. The van der Waals surface area contributed by atoms with Gasteiger partial charge in [-0.1, -0.05) is 18.9 Å². The molecule has 1 aliphatic rings. The Morgan fingerprint density at radius 2 is 2.10 bits per heavy atom. The summed E-state index contributed by atoms with van der Waals surface area (Å²) in [6, 6.07) is 5.65. The molecule has 20 heavy (non-hydrogen) atoms. The minimum absolute atomic E-state index is 0.144. The highest BCUT2D eigenvalue weighted by Crippen LogP contribution is 2.40. The van der Waals surface area contributed by atoms with E-state index in [4.69, 9.17) is 4.74 Å². The van der Waals surface area contributed by atoms with Crippen LogP contribution in [0.3, 0.4) is 0 Å². The molecule has 1 aliphatic carbocycles. The number of thioether (sulfide) groups is 1. The molecule has 0 radical (unpaired) electrons. The molecule has 1 aromatic rings. The second-order valence-electron chi connectivity index (χ2n) is 5.62. The quantitative estimate of drug-likeness (QED) is 0.839. The van der Waals surface area contributed by atoms with Crippen LogP contribution in [-0.2, 0) is 0 Å². The minimum atomic E-state index is 0.144. The lowest BCUT2D eigenvalue weighted by Crippen LogP contribution is -2.36. The van der Waals surface area contributed by atoms with Crippen LogP contribution in [0.15, 0.2) is 18.2 Å². The fourth-order valence-corrected chi connectivity index (χ4v) is 3.86. The van der Waals surface area contributed by atoms with Crippen LogP contribution in [0, 0.1) is 0 Å². The van der Waals surface area contributed by atoms with E-state index in [0.29, 0.717) is 16.2 Å². The van der Waals surface area contributed by atoms with Gasteiger partial charge in [-0.05, 0) is 32.1 Å². The lowest BCUT2D eigenvalue weighted by molar-refractivity contribution is 0.402. The van der Waals surface area contributed by atoms with Gasteiger partial charge in [-0.3, -0.25) is 0 Å². The largest absolute Gasteiger partial charge is 0.507 e. The van der Waals surface area contributed by atoms with Gasteiger partial charge in [0.1, 0.15) is 11.5 Å². The van der Waals surface area contributed by atoms with E-state index in [1.54, 1.807) is 13.2 Å². The smallest absolute Gasteiger partial charge is 0.124 e. The van der Waals surface area contributed by atoms with Crippen LogP contribution in [0.2, 0.25) is 0 Å². The van der Waals surface area contributed by atoms with Gasteiger partial charge < -0.3 is 15.2 Å². The summed E-state index contributed by atoms with van der Waals surface area (Å²) >= 11 is 1.98. The lowest BCUT2D eigenvalue weighted by atomic mass is 10.0. The summed E-state index contributed by atoms with van der Waals surface area (Å²) in [5, 5.41) is 13.7. The Kier molecular flexibility index (Phi) is 5.22. The maximum absolute atomic E-state index is 10.1. The van der Waals surface area contributed by atoms with Gasteiger partial charge in [0.25, 0.3) is 0 Å². The molecular weight excluding hydrogens is 270 g/mol. The molecule has 0 amide bonds. The minimum Gasteiger partial charge on any atom is -0.507 e. The molecule has 1 atom stereocenters. The third-order valence-electron chi connectivity index (χ3n) is 4.38. The van der Waals surface area contributed by atoms with E-state index in [1.165, 1.54) is 25.7 Å². The summed E-state index contributed by atoms with van der Waals surface area (Å²) in [6.45, 7) is 3.10. The molecule has 0 heterocycles. The lowest BCUT2D eigenvalue weighted by Gasteiger charge is -2.29. The van der Waals surface area contributed by atoms with Gasteiger partial charge in [0.05, 0.1) is 7.11 Å². The Balaban J connectivity index is 1.99. The molecule has 112 valence electrons. The summed E-state index contributed by atoms with van der Waals surface area (Å²) < 4.78 is 5.51. The van der Waals surface area contributed by atoms with Gasteiger partial charge in [0.2, 0.25) is 0 Å². The molecule has 0 aliphatic heterocycles. The van der Waals surface area contributed by atoms with Crippen LogP contribution in [0.4, 0.5) is 0 Å². The topological polar surface area (TPSA) is 41.5 Å². The number of ether oxygens (including phenoxy) is 1. The predicted molar refractivity (Wildman–Crippen MR) is 85.8 cm³/mol. The first-order valence-electron chi connectivity index (χ1n) is 7.26. The number of methoxy groups -OCH3 is 1. The zero-order chi connectivity index (χ0) is 14.6.